The van der Waals surface area contributed by atoms with Crippen LogP contribution in [0.3, 0.4) is 0 Å². The van der Waals surface area contributed by atoms with Crippen molar-refractivity contribution in [2.45, 2.75) is 12.8 Å². The lowest BCUT2D eigenvalue weighted by Gasteiger charge is -2.10. The molecule has 0 saturated heterocycles. The van der Waals surface area contributed by atoms with Gasteiger partial charge in [-0.1, -0.05) is 0 Å². The van der Waals surface area contributed by atoms with Crippen LogP contribution in [-0.2, 0) is 6.42 Å². The average molecular weight is 540 g/mol. The van der Waals surface area contributed by atoms with Gasteiger partial charge in [0.2, 0.25) is 0 Å². The number of guanidine groups is 1. The SMILES string of the molecule is COc1cc(OC)c2cc(CCCN=C(N)Nc3ccc(OC)c(OC)c3)[nH]c2c1.I. The van der Waals surface area contributed by atoms with Crippen molar-refractivity contribution in [1.29, 1.82) is 0 Å². The maximum Gasteiger partial charge on any atom is 0.193 e. The van der Waals surface area contributed by atoms with Crippen molar-refractivity contribution in [3.63, 3.8) is 0 Å². The molecule has 0 spiro atoms. The molecule has 0 atom stereocenters. The molecule has 0 aliphatic carbocycles. The molecule has 0 aliphatic rings. The van der Waals surface area contributed by atoms with Gasteiger partial charge < -0.3 is 35.0 Å². The molecular formula is C22H29IN4O4. The van der Waals surface area contributed by atoms with Gasteiger partial charge in [0.25, 0.3) is 0 Å². The van der Waals surface area contributed by atoms with Gasteiger partial charge in [-0.25, -0.2) is 0 Å². The Balaban J connectivity index is 0.00000341. The quantitative estimate of drug-likeness (QED) is 0.163. The number of halogens is 1. The molecule has 0 fully saturated rings. The van der Waals surface area contributed by atoms with Crippen LogP contribution in [-0.4, -0.2) is 45.9 Å². The number of aromatic nitrogens is 1. The van der Waals surface area contributed by atoms with Crippen molar-refractivity contribution in [2.24, 2.45) is 10.7 Å². The molecule has 2 aromatic carbocycles. The number of aromatic amines is 1. The van der Waals surface area contributed by atoms with Crippen LogP contribution in [0.1, 0.15) is 12.1 Å². The highest BCUT2D eigenvalue weighted by molar-refractivity contribution is 14.0. The fourth-order valence-electron chi connectivity index (χ4n) is 3.23. The van der Waals surface area contributed by atoms with Crippen LogP contribution < -0.4 is 30.0 Å². The molecule has 0 saturated carbocycles. The lowest BCUT2D eigenvalue weighted by atomic mass is 10.2. The van der Waals surface area contributed by atoms with E-state index in [1.807, 2.05) is 30.3 Å². The molecule has 0 amide bonds. The van der Waals surface area contributed by atoms with Gasteiger partial charge >= 0.3 is 0 Å². The number of ether oxygens (including phenoxy) is 4. The molecule has 0 unspecified atom stereocenters. The van der Waals surface area contributed by atoms with Crippen LogP contribution in [0.15, 0.2) is 41.4 Å². The summed E-state index contributed by atoms with van der Waals surface area (Å²) in [5, 5.41) is 4.10. The number of hydrogen-bond donors (Lipinski definition) is 3. The maximum atomic E-state index is 6.01. The Labute approximate surface area is 199 Å². The van der Waals surface area contributed by atoms with E-state index in [0.29, 0.717) is 24.0 Å². The van der Waals surface area contributed by atoms with E-state index in [1.54, 1.807) is 28.4 Å². The summed E-state index contributed by atoms with van der Waals surface area (Å²) in [5.74, 6) is 3.18. The number of fused-ring (bicyclic) bond motifs is 1. The van der Waals surface area contributed by atoms with E-state index in [0.717, 1.165) is 46.6 Å². The minimum atomic E-state index is 0. The predicted octanol–water partition coefficient (Wildman–Crippen LogP) is 4.18. The van der Waals surface area contributed by atoms with E-state index in [-0.39, 0.29) is 24.0 Å². The molecule has 168 valence electrons. The first-order valence-corrected chi connectivity index (χ1v) is 9.60. The summed E-state index contributed by atoms with van der Waals surface area (Å²) >= 11 is 0. The molecular weight excluding hydrogens is 511 g/mol. The fourth-order valence-corrected chi connectivity index (χ4v) is 3.23. The molecule has 1 heterocycles. The Morgan fingerprint density at radius 1 is 0.935 bits per heavy atom. The number of nitrogens with zero attached hydrogens (tertiary/aromatic N) is 1. The first kappa shape index (κ1) is 24.4. The Morgan fingerprint density at radius 3 is 2.35 bits per heavy atom. The van der Waals surface area contributed by atoms with Gasteiger partial charge in [-0.15, -0.1) is 24.0 Å². The van der Waals surface area contributed by atoms with Gasteiger partial charge in [0.15, 0.2) is 17.5 Å². The van der Waals surface area contributed by atoms with E-state index < -0.39 is 0 Å². The van der Waals surface area contributed by atoms with Crippen LogP contribution in [0, 0.1) is 0 Å². The third kappa shape index (κ3) is 6.09. The van der Waals surface area contributed by atoms with E-state index in [4.69, 9.17) is 24.7 Å². The zero-order chi connectivity index (χ0) is 21.5. The van der Waals surface area contributed by atoms with Crippen LogP contribution >= 0.6 is 24.0 Å². The lowest BCUT2D eigenvalue weighted by Crippen LogP contribution is -2.22. The largest absolute Gasteiger partial charge is 0.497 e. The van der Waals surface area contributed by atoms with E-state index in [9.17, 15) is 0 Å². The first-order chi connectivity index (χ1) is 14.6. The molecule has 9 heteroatoms. The van der Waals surface area contributed by atoms with Crippen molar-refractivity contribution in [3.05, 3.63) is 42.1 Å². The number of hydrogen-bond acceptors (Lipinski definition) is 5. The number of aryl methyl sites for hydroxylation is 1. The number of nitrogens with two attached hydrogens (primary N) is 1. The smallest absolute Gasteiger partial charge is 0.193 e. The lowest BCUT2D eigenvalue weighted by molar-refractivity contribution is 0.355. The first-order valence-electron chi connectivity index (χ1n) is 9.60. The highest BCUT2D eigenvalue weighted by Gasteiger charge is 2.09. The van der Waals surface area contributed by atoms with Crippen LogP contribution in [0.5, 0.6) is 23.0 Å². The number of anilines is 1. The summed E-state index contributed by atoms with van der Waals surface area (Å²) in [6.45, 7) is 0.599. The van der Waals surface area contributed by atoms with E-state index >= 15 is 0 Å². The second-order valence-corrected chi connectivity index (χ2v) is 6.65. The third-order valence-corrected chi connectivity index (χ3v) is 4.73. The number of rotatable bonds is 9. The van der Waals surface area contributed by atoms with Crippen molar-refractivity contribution in [1.82, 2.24) is 4.98 Å². The van der Waals surface area contributed by atoms with Crippen LogP contribution in [0.25, 0.3) is 10.9 Å². The predicted molar refractivity (Wildman–Crippen MR) is 135 cm³/mol. The molecule has 0 bridgehead atoms. The average Bonchev–Trinajstić information content (AvgIpc) is 3.18. The number of benzene rings is 2. The number of nitrogens with one attached hydrogen (secondary N) is 2. The molecule has 0 aliphatic heterocycles. The highest BCUT2D eigenvalue weighted by Crippen LogP contribution is 2.32. The summed E-state index contributed by atoms with van der Waals surface area (Å²) in [7, 11) is 6.49. The second-order valence-electron chi connectivity index (χ2n) is 6.65. The van der Waals surface area contributed by atoms with E-state index in [1.165, 1.54) is 0 Å². The Morgan fingerprint density at radius 2 is 1.68 bits per heavy atom. The Kier molecular flexibility index (Phi) is 9.10. The van der Waals surface area contributed by atoms with Gasteiger partial charge in [0.05, 0.1) is 34.0 Å². The highest BCUT2D eigenvalue weighted by atomic mass is 127. The Hall–Kier alpha value is -2.82. The minimum Gasteiger partial charge on any atom is -0.497 e. The maximum absolute atomic E-state index is 6.01. The molecule has 3 aromatic rings. The topological polar surface area (TPSA) is 103 Å². The normalized spacial score (nSPS) is 11.0. The zero-order valence-corrected chi connectivity index (χ0v) is 20.5. The summed E-state index contributed by atoms with van der Waals surface area (Å²) in [6, 6.07) is 11.4. The van der Waals surface area contributed by atoms with Crippen molar-refractivity contribution < 1.29 is 18.9 Å². The number of aliphatic imine (C=N–C) groups is 1. The van der Waals surface area contributed by atoms with Crippen LogP contribution in [0.4, 0.5) is 5.69 Å². The Bertz CT molecular complexity index is 1040. The monoisotopic (exact) mass is 540 g/mol. The number of H-pyrrole nitrogens is 1. The van der Waals surface area contributed by atoms with Crippen molar-refractivity contribution >= 4 is 46.5 Å². The van der Waals surface area contributed by atoms with Gasteiger partial charge in [-0.05, 0) is 31.0 Å². The fraction of sp³-hybridized carbons (Fsp3) is 0.318. The minimum absolute atomic E-state index is 0. The summed E-state index contributed by atoms with van der Waals surface area (Å²) in [6.07, 6.45) is 1.69. The van der Waals surface area contributed by atoms with Crippen molar-refractivity contribution in [2.75, 3.05) is 40.3 Å². The van der Waals surface area contributed by atoms with Gasteiger partial charge in [0.1, 0.15) is 11.5 Å². The van der Waals surface area contributed by atoms with Crippen LogP contribution in [0.2, 0.25) is 0 Å². The van der Waals surface area contributed by atoms with Gasteiger partial charge in [0, 0.05) is 41.5 Å². The second kappa shape index (κ2) is 11.5. The van der Waals surface area contributed by atoms with Gasteiger partial charge in [-0.3, -0.25) is 4.99 Å². The molecule has 3 rings (SSSR count). The van der Waals surface area contributed by atoms with Crippen molar-refractivity contribution in [3.8, 4) is 23.0 Å². The zero-order valence-electron chi connectivity index (χ0n) is 18.2. The molecule has 31 heavy (non-hydrogen) atoms. The van der Waals surface area contributed by atoms with Gasteiger partial charge in [-0.2, -0.15) is 0 Å². The summed E-state index contributed by atoms with van der Waals surface area (Å²) < 4.78 is 21.3. The summed E-state index contributed by atoms with van der Waals surface area (Å²) in [5.41, 5.74) is 8.88. The molecule has 0 radical (unpaired) electrons. The molecule has 8 nitrogen and oxygen atoms in total. The van der Waals surface area contributed by atoms with E-state index in [2.05, 4.69) is 21.4 Å². The standard InChI is InChI=1S/C22H28N4O4.HI/c1-27-16-12-18-17(20(13-16)29-3)10-14(25-18)6-5-9-24-22(23)26-15-7-8-19(28-2)21(11-15)30-4;/h7-8,10-13,25H,5-6,9H2,1-4H3,(H3,23,24,26);1H. The number of methoxy groups -OCH3 is 4. The molecule has 4 N–H and O–H groups in total. The molecule has 1 aromatic heterocycles. The summed E-state index contributed by atoms with van der Waals surface area (Å²) in [4.78, 5) is 7.82. The third-order valence-electron chi connectivity index (χ3n) is 4.73.